The van der Waals surface area contributed by atoms with Crippen LogP contribution in [0.4, 0.5) is 0 Å². The van der Waals surface area contributed by atoms with Gasteiger partial charge in [0.2, 0.25) is 0 Å². The topological polar surface area (TPSA) is 194 Å². The number of pyridine rings is 4. The number of aromatic nitrogens is 12. The van der Waals surface area contributed by atoms with Gasteiger partial charge >= 0.3 is 16.8 Å². The molecule has 16 nitrogen and oxygen atoms in total. The molecule has 0 saturated heterocycles. The van der Waals surface area contributed by atoms with E-state index in [4.69, 9.17) is 198 Å². The predicted octanol–water partition coefficient (Wildman–Crippen LogP) is 18.7. The van der Waals surface area contributed by atoms with Crippen molar-refractivity contribution in [3.63, 3.8) is 0 Å². The Kier molecular flexibility index (Phi) is 15.1. The van der Waals surface area contributed by atoms with E-state index >= 15 is 0 Å². The first-order valence-electron chi connectivity index (χ1n) is 22.5. The first kappa shape index (κ1) is 55.6. The number of nitrogens with zero attached hydrogens (tertiary/aromatic N) is 12. The Bertz CT molecular complexity index is 4360. The van der Waals surface area contributed by atoms with Crippen molar-refractivity contribution < 1.29 is 35.7 Å². The van der Waals surface area contributed by atoms with E-state index in [-0.39, 0.29) is 213 Å². The predicted molar refractivity (Wildman–Crippen MR) is 311 cm³/mol. The van der Waals surface area contributed by atoms with Crippen molar-refractivity contribution >= 4 is 183 Å². The largest absolute Gasteiger partial charge is 2.00 e. The molecule has 7 aromatic heterocycles. The Labute approximate surface area is 524 Å². The van der Waals surface area contributed by atoms with Gasteiger partial charge in [-0.15, -0.1) is 0 Å². The summed E-state index contributed by atoms with van der Waals surface area (Å²) in [5.74, 6) is 0.00508. The van der Waals surface area contributed by atoms with Crippen LogP contribution in [0.5, 0.6) is 46.0 Å². The van der Waals surface area contributed by atoms with Gasteiger partial charge in [-0.05, 0) is 48.5 Å². The summed E-state index contributed by atoms with van der Waals surface area (Å²) in [6, 6.07) is 13.1. The van der Waals surface area contributed by atoms with Gasteiger partial charge in [-0.25, -0.2) is 9.97 Å². The fourth-order valence-electron chi connectivity index (χ4n) is 8.59. The van der Waals surface area contributed by atoms with Crippen molar-refractivity contribution in [2.24, 2.45) is 0 Å². The second-order valence-corrected chi connectivity index (χ2v) is 21.3. The van der Waals surface area contributed by atoms with Crippen LogP contribution in [0.25, 0.3) is 89.7 Å². The van der Waals surface area contributed by atoms with Crippen LogP contribution in [0.1, 0.15) is 0 Å². The van der Waals surface area contributed by atoms with Crippen molar-refractivity contribution in [3.05, 3.63) is 158 Å². The monoisotopic (exact) mass is 1350 g/mol. The third-order valence-corrected chi connectivity index (χ3v) is 16.8. The maximum Gasteiger partial charge on any atom is 2.00 e. The zero-order valence-electron chi connectivity index (χ0n) is 39.1. The minimum absolute atomic E-state index is 0. The molecule has 0 spiro atoms. The summed E-state index contributed by atoms with van der Waals surface area (Å²) < 4.78 is 24.9. The Morgan fingerprint density at radius 3 is 0.802 bits per heavy atom. The Morgan fingerprint density at radius 1 is 0.284 bits per heavy atom. The Hall–Kier alpha value is -5.97. The summed E-state index contributed by atoms with van der Waals surface area (Å²) in [7, 11) is 0. The second kappa shape index (κ2) is 22.0. The van der Waals surface area contributed by atoms with E-state index in [0.29, 0.717) is 0 Å². The van der Waals surface area contributed by atoms with E-state index in [0.717, 1.165) is 0 Å². The molecule has 0 atom stereocenters. The van der Waals surface area contributed by atoms with Crippen molar-refractivity contribution in [3.8, 4) is 91.5 Å². The van der Waals surface area contributed by atoms with Crippen LogP contribution < -0.4 is 28.9 Å². The van der Waals surface area contributed by atoms with Crippen LogP contribution in [0.15, 0.2) is 98.1 Å². The van der Waals surface area contributed by atoms with E-state index in [2.05, 4.69) is 19.9 Å². The van der Waals surface area contributed by atoms with E-state index in [1.807, 2.05) is 0 Å². The van der Waals surface area contributed by atoms with Gasteiger partial charge in [0.25, 0.3) is 0 Å². The molecule has 8 bridgehead atoms. The number of hydrogen-bond acceptors (Lipinski definition) is 14. The molecule has 0 saturated carbocycles. The average molecular weight is 1360 g/mol. The molecule has 4 aromatic carbocycles. The maximum absolute atomic E-state index is 7.36. The van der Waals surface area contributed by atoms with E-state index in [9.17, 15) is 0 Å². The molecule has 0 fully saturated rings. The van der Waals surface area contributed by atoms with Gasteiger partial charge in [0.05, 0.1) is 88.3 Å². The first-order valence-corrected chi connectivity index (χ1v) is 27.1. The van der Waals surface area contributed by atoms with Crippen molar-refractivity contribution in [1.29, 1.82) is 0 Å². The Morgan fingerprint density at radius 2 is 0.531 bits per heavy atom. The van der Waals surface area contributed by atoms with Crippen molar-refractivity contribution in [2.45, 2.75) is 0 Å². The molecule has 81 heavy (non-hydrogen) atoms. The number of ether oxygens (including phenoxy) is 4. The number of benzene rings is 4. The molecule has 1 radical (unpaired) electrons. The van der Waals surface area contributed by atoms with Crippen LogP contribution >= 0.6 is 139 Å². The normalized spacial score (nSPS) is 11.6. The number of halogens is 12. The van der Waals surface area contributed by atoms with Crippen LogP contribution in [-0.4, -0.2) is 49.8 Å². The summed E-state index contributed by atoms with van der Waals surface area (Å²) in [6.45, 7) is 0. The third-order valence-electron chi connectivity index (χ3n) is 12.0. The van der Waals surface area contributed by atoms with Gasteiger partial charge in [-0.3, -0.25) is 19.9 Å². The number of hydrogen-bond donors (Lipinski definition) is 0. The minimum Gasteiger partial charge on any atom is -0.453 e. The molecule has 0 unspecified atom stereocenters. The molecular formula is C52H16Cl12CoN12O4. The smallest absolute Gasteiger partial charge is 0.453 e. The first-order chi connectivity index (χ1) is 38.7. The zero-order chi connectivity index (χ0) is 55.4. The van der Waals surface area contributed by atoms with Gasteiger partial charge in [0.1, 0.15) is 43.1 Å². The fraction of sp³-hybridized carbons (Fsp3) is 0. The van der Waals surface area contributed by atoms with E-state index < -0.39 is 0 Å². The molecule has 0 N–H and O–H groups in total. The second-order valence-electron chi connectivity index (χ2n) is 16.7. The minimum atomic E-state index is -0.161. The quantitative estimate of drug-likeness (QED) is 0.130. The summed E-state index contributed by atoms with van der Waals surface area (Å²) in [5.41, 5.74) is -0.408. The summed E-state index contributed by atoms with van der Waals surface area (Å²) in [6.07, 6.45) is 12.0. The molecule has 2 aliphatic rings. The van der Waals surface area contributed by atoms with Crippen molar-refractivity contribution in [2.75, 3.05) is 0 Å². The number of fused-ring (bicyclic) bond motifs is 20. The van der Waals surface area contributed by atoms with E-state index in [1.54, 1.807) is 73.3 Å². The molecule has 401 valence electrons. The summed E-state index contributed by atoms with van der Waals surface area (Å²) in [5, 5.41) is -1.32. The zero-order valence-corrected chi connectivity index (χ0v) is 49.2. The van der Waals surface area contributed by atoms with Gasteiger partial charge in [0.15, 0.2) is 23.0 Å². The van der Waals surface area contributed by atoms with Crippen LogP contribution in [0.2, 0.25) is 60.3 Å². The summed E-state index contributed by atoms with van der Waals surface area (Å²) in [4.78, 5) is 56.3. The molecule has 0 amide bonds. The van der Waals surface area contributed by atoms with Gasteiger partial charge < -0.3 is 48.9 Å². The maximum atomic E-state index is 7.36. The third kappa shape index (κ3) is 9.41. The van der Waals surface area contributed by atoms with Gasteiger partial charge in [-0.1, -0.05) is 139 Å². The standard InChI is InChI=1S/C52H16Cl12N12O4.Co/c53-29-21-25(33(57)41(37(29)61)77-17-5-1-9-65-13-17)49-69-45(21)74-50-27-23(31(55)39(63)43(35(27)59)79-19-7-3-11-67-15-19)47(71-50)76-52-28-24(32(56)40(64)44(36(28)60)80-20-8-4-12-68-16-20)48(72-52)75-51-26-22(46(70-51)73-49)30(54)38(62)42(34(26)58)78-18-6-2-10-66-14-18;/h1-16H;/q-2;+2. The molecular weight excluding hydrogens is 1340 g/mol. The van der Waals surface area contributed by atoms with Crippen LogP contribution in [0.3, 0.4) is 0 Å². The van der Waals surface area contributed by atoms with Crippen LogP contribution in [-0.2, 0) is 16.8 Å². The summed E-state index contributed by atoms with van der Waals surface area (Å²) >= 11 is 86.8. The van der Waals surface area contributed by atoms with Crippen molar-refractivity contribution in [1.82, 2.24) is 59.8 Å². The molecule has 29 heteroatoms. The molecule has 0 aliphatic carbocycles. The molecule has 9 heterocycles. The number of rotatable bonds is 8. The average Bonchev–Trinajstić information content (AvgIpc) is 4.33. The van der Waals surface area contributed by atoms with E-state index in [1.165, 1.54) is 24.8 Å². The molecule has 2 aliphatic heterocycles. The Balaban J connectivity index is 0.00000651. The fourth-order valence-corrected chi connectivity index (χ4v) is 12.0. The van der Waals surface area contributed by atoms with Gasteiger partial charge in [-0.2, -0.15) is 0 Å². The molecule has 11 aromatic rings. The SMILES string of the molecule is Clc1c(Cl)c2c(c(Cl)c1Oc1cccnc1)-c1nc-2nc2[n-]c(nc3nc(nc4[n-]c(n1)c1c(Cl)c(Cl)c(Oc5cccnc5)c(Cl)c41)-c1c(Cl)c(Cl)c(Oc4cccnc4)c(Cl)c1-3)c1c(Cl)c(Cl)c(Oc3cccnc3)c(Cl)c21.[Co+2]. The van der Waals surface area contributed by atoms with Gasteiger partial charge in [0, 0.05) is 91.2 Å². The molecule has 13 rings (SSSR count). The van der Waals surface area contributed by atoms with Crippen LogP contribution in [0, 0.1) is 0 Å².